The molecule has 0 aliphatic rings. The zero-order chi connectivity index (χ0) is 14.3. The van der Waals surface area contributed by atoms with Gasteiger partial charge in [0.15, 0.2) is 0 Å². The highest BCUT2D eigenvalue weighted by molar-refractivity contribution is 9.08. The van der Waals surface area contributed by atoms with Crippen LogP contribution < -0.4 is 5.32 Å². The number of carbonyl (C=O) groups is 2. The molecule has 0 fully saturated rings. The van der Waals surface area contributed by atoms with Crippen molar-refractivity contribution in [3.8, 4) is 0 Å². The van der Waals surface area contributed by atoms with Crippen molar-refractivity contribution in [2.24, 2.45) is 0 Å². The molecule has 5 heteroatoms. The Hall–Kier alpha value is -1.36. The second-order valence-electron chi connectivity index (χ2n) is 4.10. The first-order valence-electron chi connectivity index (χ1n) is 6.33. The summed E-state index contributed by atoms with van der Waals surface area (Å²) in [4.78, 5) is 25.3. The number of rotatable bonds is 6. The molecule has 1 rings (SSSR count). The van der Waals surface area contributed by atoms with Crippen LogP contribution in [0.2, 0.25) is 0 Å². The number of hydrogen-bond donors (Lipinski definition) is 1. The van der Waals surface area contributed by atoms with E-state index in [1.165, 1.54) is 4.90 Å². The lowest BCUT2D eigenvalue weighted by Gasteiger charge is -2.20. The van der Waals surface area contributed by atoms with Crippen LogP contribution in [0.25, 0.3) is 0 Å². The van der Waals surface area contributed by atoms with E-state index in [0.717, 1.165) is 10.9 Å². The Morgan fingerprint density at radius 3 is 2.32 bits per heavy atom. The minimum atomic E-state index is -0.130. The number of hydrogen-bond acceptors (Lipinski definition) is 2. The van der Waals surface area contributed by atoms with Crippen LogP contribution in [0, 0.1) is 0 Å². The third-order valence-electron chi connectivity index (χ3n) is 2.73. The van der Waals surface area contributed by atoms with Crippen molar-refractivity contribution in [1.29, 1.82) is 0 Å². The van der Waals surface area contributed by atoms with E-state index < -0.39 is 0 Å². The summed E-state index contributed by atoms with van der Waals surface area (Å²) in [5.74, 6) is -0.246. The van der Waals surface area contributed by atoms with Gasteiger partial charge in [-0.3, -0.25) is 9.59 Å². The van der Waals surface area contributed by atoms with Gasteiger partial charge in [0.1, 0.15) is 0 Å². The van der Waals surface area contributed by atoms with Gasteiger partial charge in [0.2, 0.25) is 5.91 Å². The van der Waals surface area contributed by atoms with Crippen LogP contribution in [0.5, 0.6) is 0 Å². The quantitative estimate of drug-likeness (QED) is 0.814. The summed E-state index contributed by atoms with van der Waals surface area (Å²) < 4.78 is 0. The molecule has 0 saturated carbocycles. The second-order valence-corrected chi connectivity index (χ2v) is 4.66. The third-order valence-corrected chi connectivity index (χ3v) is 3.38. The van der Waals surface area contributed by atoms with Crippen molar-refractivity contribution in [1.82, 2.24) is 10.2 Å². The molecule has 104 valence electrons. The summed E-state index contributed by atoms with van der Waals surface area (Å²) in [6.07, 6.45) is 0. The van der Waals surface area contributed by atoms with Crippen LogP contribution in [0.1, 0.15) is 29.8 Å². The average Bonchev–Trinajstić information content (AvgIpc) is 2.44. The van der Waals surface area contributed by atoms with Crippen LogP contribution >= 0.6 is 15.9 Å². The Morgan fingerprint density at radius 2 is 1.84 bits per heavy atom. The highest BCUT2D eigenvalue weighted by Gasteiger charge is 2.16. The lowest BCUT2D eigenvalue weighted by atomic mass is 10.1. The maximum Gasteiger partial charge on any atom is 0.254 e. The number of carbonyl (C=O) groups excluding carboxylic acids is 2. The van der Waals surface area contributed by atoms with Gasteiger partial charge in [-0.1, -0.05) is 28.1 Å². The fourth-order valence-electron chi connectivity index (χ4n) is 1.67. The number of benzene rings is 1. The first-order valence-corrected chi connectivity index (χ1v) is 7.45. The molecule has 0 heterocycles. The number of alkyl halides is 1. The van der Waals surface area contributed by atoms with E-state index in [1.54, 1.807) is 12.1 Å². The smallest absolute Gasteiger partial charge is 0.254 e. The summed E-state index contributed by atoms with van der Waals surface area (Å²) >= 11 is 3.36. The third kappa shape index (κ3) is 4.67. The van der Waals surface area contributed by atoms with Gasteiger partial charge >= 0.3 is 0 Å². The van der Waals surface area contributed by atoms with Gasteiger partial charge in [0.05, 0.1) is 6.54 Å². The maximum absolute atomic E-state index is 12.2. The Kier molecular flexibility index (Phi) is 6.56. The van der Waals surface area contributed by atoms with E-state index in [-0.39, 0.29) is 18.4 Å². The average molecular weight is 327 g/mol. The SMILES string of the molecule is CCNC(=O)CN(CC)C(=O)c1ccc(CBr)cc1. The summed E-state index contributed by atoms with van der Waals surface area (Å²) in [5, 5.41) is 3.46. The van der Waals surface area contributed by atoms with Gasteiger partial charge in [-0.2, -0.15) is 0 Å². The minimum Gasteiger partial charge on any atom is -0.355 e. The molecule has 0 aromatic heterocycles. The van der Waals surface area contributed by atoms with Gasteiger partial charge in [-0.25, -0.2) is 0 Å². The Bertz CT molecular complexity index is 432. The second kappa shape index (κ2) is 7.94. The first kappa shape index (κ1) is 15.7. The Labute approximate surface area is 122 Å². The standard InChI is InChI=1S/C14H19BrN2O2/c1-3-16-13(18)10-17(4-2)14(19)12-7-5-11(9-15)6-8-12/h5-8H,3-4,9-10H2,1-2H3,(H,16,18). The molecule has 0 unspecified atom stereocenters. The molecule has 0 spiro atoms. The normalized spacial score (nSPS) is 10.1. The number of halogens is 1. The van der Waals surface area contributed by atoms with E-state index in [1.807, 2.05) is 26.0 Å². The molecule has 1 aromatic rings. The van der Waals surface area contributed by atoms with Crippen LogP contribution in [0.4, 0.5) is 0 Å². The minimum absolute atomic E-state index is 0.101. The molecular formula is C14H19BrN2O2. The zero-order valence-electron chi connectivity index (χ0n) is 11.3. The Balaban J connectivity index is 2.74. The van der Waals surface area contributed by atoms with E-state index in [2.05, 4.69) is 21.2 Å². The highest BCUT2D eigenvalue weighted by Crippen LogP contribution is 2.10. The van der Waals surface area contributed by atoms with Crippen molar-refractivity contribution in [2.45, 2.75) is 19.2 Å². The Morgan fingerprint density at radius 1 is 1.21 bits per heavy atom. The molecule has 0 aliphatic carbocycles. The van der Waals surface area contributed by atoms with Gasteiger partial charge in [0.25, 0.3) is 5.91 Å². The molecule has 0 aliphatic heterocycles. The molecule has 0 radical (unpaired) electrons. The van der Waals surface area contributed by atoms with Gasteiger partial charge in [-0.15, -0.1) is 0 Å². The van der Waals surface area contributed by atoms with Gasteiger partial charge in [0, 0.05) is 24.0 Å². The van der Waals surface area contributed by atoms with E-state index >= 15 is 0 Å². The van der Waals surface area contributed by atoms with Crippen molar-refractivity contribution in [3.05, 3.63) is 35.4 Å². The molecule has 2 amide bonds. The summed E-state index contributed by atoms with van der Waals surface area (Å²) in [6.45, 7) is 4.91. The molecule has 0 saturated heterocycles. The topological polar surface area (TPSA) is 49.4 Å². The summed E-state index contributed by atoms with van der Waals surface area (Å²) in [6, 6.07) is 7.39. The lowest BCUT2D eigenvalue weighted by molar-refractivity contribution is -0.121. The molecular weight excluding hydrogens is 308 g/mol. The van der Waals surface area contributed by atoms with Crippen molar-refractivity contribution in [3.63, 3.8) is 0 Å². The number of nitrogens with one attached hydrogen (secondary N) is 1. The number of nitrogens with zero attached hydrogens (tertiary/aromatic N) is 1. The first-order chi connectivity index (χ1) is 9.12. The molecule has 4 nitrogen and oxygen atoms in total. The van der Waals surface area contributed by atoms with E-state index in [0.29, 0.717) is 18.7 Å². The molecule has 0 atom stereocenters. The molecule has 0 bridgehead atoms. The summed E-state index contributed by atoms with van der Waals surface area (Å²) in [7, 11) is 0. The fraction of sp³-hybridized carbons (Fsp3) is 0.429. The van der Waals surface area contributed by atoms with Crippen molar-refractivity contribution in [2.75, 3.05) is 19.6 Å². The number of likely N-dealkylation sites (N-methyl/N-ethyl adjacent to an activating group) is 2. The molecule has 1 aromatic carbocycles. The molecule has 1 N–H and O–H groups in total. The van der Waals surface area contributed by atoms with E-state index in [9.17, 15) is 9.59 Å². The summed E-state index contributed by atoms with van der Waals surface area (Å²) in [5.41, 5.74) is 1.72. The largest absolute Gasteiger partial charge is 0.355 e. The van der Waals surface area contributed by atoms with Crippen LogP contribution in [0.3, 0.4) is 0 Å². The zero-order valence-corrected chi connectivity index (χ0v) is 12.9. The number of amides is 2. The fourth-order valence-corrected chi connectivity index (χ4v) is 2.05. The van der Waals surface area contributed by atoms with Gasteiger partial charge < -0.3 is 10.2 Å². The monoisotopic (exact) mass is 326 g/mol. The maximum atomic E-state index is 12.2. The van der Waals surface area contributed by atoms with E-state index in [4.69, 9.17) is 0 Å². The van der Waals surface area contributed by atoms with Crippen LogP contribution in [-0.4, -0.2) is 36.3 Å². The highest BCUT2D eigenvalue weighted by atomic mass is 79.9. The predicted octanol–water partition coefficient (Wildman–Crippen LogP) is 2.18. The lowest BCUT2D eigenvalue weighted by Crippen LogP contribution is -2.40. The van der Waals surface area contributed by atoms with Crippen LogP contribution in [-0.2, 0) is 10.1 Å². The van der Waals surface area contributed by atoms with Crippen molar-refractivity contribution < 1.29 is 9.59 Å². The van der Waals surface area contributed by atoms with Crippen LogP contribution in [0.15, 0.2) is 24.3 Å². The van der Waals surface area contributed by atoms with Gasteiger partial charge in [-0.05, 0) is 31.5 Å². The molecule has 19 heavy (non-hydrogen) atoms. The predicted molar refractivity (Wildman–Crippen MR) is 79.3 cm³/mol. The van der Waals surface area contributed by atoms with Crippen molar-refractivity contribution >= 4 is 27.7 Å².